The van der Waals surface area contributed by atoms with Crippen molar-refractivity contribution in [3.05, 3.63) is 54.4 Å². The number of nitrogens with zero attached hydrogens (tertiary/aromatic N) is 2. The van der Waals surface area contributed by atoms with Crippen molar-refractivity contribution in [3.8, 4) is 5.75 Å². The Kier molecular flexibility index (Phi) is 3.29. The number of rotatable bonds is 4. The van der Waals surface area contributed by atoms with Crippen molar-refractivity contribution in [1.82, 2.24) is 4.98 Å². The Balaban J connectivity index is 1.93. The van der Waals surface area contributed by atoms with Gasteiger partial charge in [0.15, 0.2) is 0 Å². The number of aromatic nitrogens is 1. The number of pyridine rings is 1. The summed E-state index contributed by atoms with van der Waals surface area (Å²) in [6.45, 7) is 0.724. The fourth-order valence-electron chi connectivity index (χ4n) is 2.35. The van der Waals surface area contributed by atoms with E-state index < -0.39 is 0 Å². The van der Waals surface area contributed by atoms with Crippen LogP contribution in [0.15, 0.2) is 53.3 Å². The SMILES string of the molecule is COc1ccccc1CN(C)c1nccc2occc12. The molecule has 0 aliphatic carbocycles. The van der Waals surface area contributed by atoms with E-state index >= 15 is 0 Å². The summed E-state index contributed by atoms with van der Waals surface area (Å²) >= 11 is 0. The maximum Gasteiger partial charge on any atom is 0.139 e. The molecule has 3 rings (SSSR count). The monoisotopic (exact) mass is 268 g/mol. The lowest BCUT2D eigenvalue weighted by molar-refractivity contribution is 0.409. The van der Waals surface area contributed by atoms with Crippen LogP contribution in [0.1, 0.15) is 5.56 Å². The quantitative estimate of drug-likeness (QED) is 0.726. The molecule has 0 spiro atoms. The zero-order valence-electron chi connectivity index (χ0n) is 11.5. The number of methoxy groups -OCH3 is 1. The summed E-state index contributed by atoms with van der Waals surface area (Å²) in [5.41, 5.74) is 1.97. The molecule has 0 bridgehead atoms. The van der Waals surface area contributed by atoms with Gasteiger partial charge < -0.3 is 14.1 Å². The molecular weight excluding hydrogens is 252 g/mol. The third-order valence-corrected chi connectivity index (χ3v) is 3.32. The van der Waals surface area contributed by atoms with Crippen LogP contribution in [0.4, 0.5) is 5.82 Å². The Labute approximate surface area is 117 Å². The van der Waals surface area contributed by atoms with E-state index in [1.165, 1.54) is 0 Å². The fourth-order valence-corrected chi connectivity index (χ4v) is 2.35. The van der Waals surface area contributed by atoms with Crippen molar-refractivity contribution in [2.24, 2.45) is 0 Å². The van der Waals surface area contributed by atoms with Gasteiger partial charge in [0, 0.05) is 25.4 Å². The van der Waals surface area contributed by atoms with E-state index in [4.69, 9.17) is 9.15 Å². The first-order valence-corrected chi connectivity index (χ1v) is 6.45. The zero-order chi connectivity index (χ0) is 13.9. The number of fused-ring (bicyclic) bond motifs is 1. The number of benzene rings is 1. The van der Waals surface area contributed by atoms with E-state index in [1.807, 2.05) is 37.4 Å². The Bertz CT molecular complexity index is 721. The van der Waals surface area contributed by atoms with Crippen LogP contribution in [0, 0.1) is 0 Å². The van der Waals surface area contributed by atoms with Gasteiger partial charge in [-0.25, -0.2) is 4.98 Å². The molecule has 1 aromatic carbocycles. The molecule has 2 heterocycles. The summed E-state index contributed by atoms with van der Waals surface area (Å²) in [6.07, 6.45) is 3.45. The lowest BCUT2D eigenvalue weighted by atomic mass is 10.2. The first kappa shape index (κ1) is 12.5. The number of furan rings is 1. The minimum Gasteiger partial charge on any atom is -0.496 e. The highest BCUT2D eigenvalue weighted by atomic mass is 16.5. The van der Waals surface area contributed by atoms with Crippen molar-refractivity contribution in [3.63, 3.8) is 0 Å². The van der Waals surface area contributed by atoms with Crippen molar-refractivity contribution in [1.29, 1.82) is 0 Å². The molecule has 0 atom stereocenters. The largest absolute Gasteiger partial charge is 0.496 e. The Hall–Kier alpha value is -2.49. The summed E-state index contributed by atoms with van der Waals surface area (Å²) in [7, 11) is 3.70. The van der Waals surface area contributed by atoms with Crippen LogP contribution in [0.5, 0.6) is 5.75 Å². The van der Waals surface area contributed by atoms with Crippen LogP contribution in [-0.2, 0) is 6.54 Å². The summed E-state index contributed by atoms with van der Waals surface area (Å²) in [5, 5.41) is 1.02. The predicted molar refractivity (Wildman–Crippen MR) is 79.1 cm³/mol. The summed E-state index contributed by atoms with van der Waals surface area (Å²) < 4.78 is 10.8. The average molecular weight is 268 g/mol. The number of hydrogen-bond acceptors (Lipinski definition) is 4. The minimum absolute atomic E-state index is 0.724. The lowest BCUT2D eigenvalue weighted by Crippen LogP contribution is -2.18. The molecule has 0 radical (unpaired) electrons. The van der Waals surface area contributed by atoms with Gasteiger partial charge in [0.1, 0.15) is 17.2 Å². The first-order chi connectivity index (χ1) is 9.79. The Morgan fingerprint density at radius 3 is 2.90 bits per heavy atom. The van der Waals surface area contributed by atoms with Crippen molar-refractivity contribution < 1.29 is 9.15 Å². The van der Waals surface area contributed by atoms with Crippen LogP contribution in [0.2, 0.25) is 0 Å². The Morgan fingerprint density at radius 2 is 2.05 bits per heavy atom. The van der Waals surface area contributed by atoms with Crippen molar-refractivity contribution in [2.45, 2.75) is 6.54 Å². The van der Waals surface area contributed by atoms with Gasteiger partial charge in [-0.2, -0.15) is 0 Å². The van der Waals surface area contributed by atoms with E-state index in [1.54, 1.807) is 19.6 Å². The first-order valence-electron chi connectivity index (χ1n) is 6.45. The van der Waals surface area contributed by atoms with Gasteiger partial charge in [-0.1, -0.05) is 18.2 Å². The molecule has 20 heavy (non-hydrogen) atoms. The molecule has 0 unspecified atom stereocenters. The van der Waals surface area contributed by atoms with Crippen LogP contribution in [-0.4, -0.2) is 19.1 Å². The van der Waals surface area contributed by atoms with Crippen LogP contribution >= 0.6 is 0 Å². The highest BCUT2D eigenvalue weighted by Gasteiger charge is 2.11. The van der Waals surface area contributed by atoms with E-state index in [-0.39, 0.29) is 0 Å². The molecule has 0 amide bonds. The second kappa shape index (κ2) is 5.25. The maximum absolute atomic E-state index is 5.41. The van der Waals surface area contributed by atoms with Crippen LogP contribution in [0.3, 0.4) is 0 Å². The standard InChI is InChI=1S/C16H16N2O2/c1-18(11-12-5-3-4-6-14(12)19-2)16-13-8-10-20-15(13)7-9-17-16/h3-10H,11H2,1-2H3. The Morgan fingerprint density at radius 1 is 1.20 bits per heavy atom. The van der Waals surface area contributed by atoms with E-state index in [0.717, 1.165) is 34.6 Å². The van der Waals surface area contributed by atoms with Gasteiger partial charge in [0.05, 0.1) is 18.8 Å². The summed E-state index contributed by atoms with van der Waals surface area (Å²) in [5.74, 6) is 1.79. The van der Waals surface area contributed by atoms with Crippen molar-refractivity contribution in [2.75, 3.05) is 19.1 Å². The highest BCUT2D eigenvalue weighted by molar-refractivity contribution is 5.88. The molecule has 4 heteroatoms. The number of anilines is 1. The molecule has 0 fully saturated rings. The number of hydrogen-bond donors (Lipinski definition) is 0. The molecule has 3 aromatic rings. The molecule has 2 aromatic heterocycles. The summed E-state index contributed by atoms with van der Waals surface area (Å²) in [4.78, 5) is 6.55. The smallest absolute Gasteiger partial charge is 0.139 e. The van der Waals surface area contributed by atoms with Gasteiger partial charge >= 0.3 is 0 Å². The number of ether oxygens (including phenoxy) is 1. The molecule has 0 aliphatic rings. The van der Waals surface area contributed by atoms with Crippen LogP contribution in [0.25, 0.3) is 11.0 Å². The average Bonchev–Trinajstić information content (AvgIpc) is 2.96. The van der Waals surface area contributed by atoms with Gasteiger partial charge in [-0.15, -0.1) is 0 Å². The van der Waals surface area contributed by atoms with Crippen molar-refractivity contribution >= 4 is 16.8 Å². The van der Waals surface area contributed by atoms with E-state index in [9.17, 15) is 0 Å². The van der Waals surface area contributed by atoms with Gasteiger partial charge in [0.25, 0.3) is 0 Å². The second-order valence-corrected chi connectivity index (χ2v) is 4.63. The van der Waals surface area contributed by atoms with E-state index in [0.29, 0.717) is 0 Å². The van der Waals surface area contributed by atoms with Gasteiger partial charge in [-0.05, 0) is 18.2 Å². The van der Waals surface area contributed by atoms with Gasteiger partial charge in [0.2, 0.25) is 0 Å². The highest BCUT2D eigenvalue weighted by Crippen LogP contribution is 2.27. The molecule has 4 nitrogen and oxygen atoms in total. The molecule has 0 saturated heterocycles. The molecule has 0 aliphatic heterocycles. The third kappa shape index (κ3) is 2.20. The zero-order valence-corrected chi connectivity index (χ0v) is 11.5. The lowest BCUT2D eigenvalue weighted by Gasteiger charge is -2.20. The predicted octanol–water partition coefficient (Wildman–Crippen LogP) is 3.47. The van der Waals surface area contributed by atoms with Crippen LogP contribution < -0.4 is 9.64 Å². The third-order valence-electron chi connectivity index (χ3n) is 3.32. The molecule has 0 N–H and O–H groups in total. The summed E-state index contributed by atoms with van der Waals surface area (Å²) in [6, 6.07) is 11.8. The van der Waals surface area contributed by atoms with E-state index in [2.05, 4.69) is 16.0 Å². The minimum atomic E-state index is 0.724. The number of para-hydroxylation sites is 1. The molecule has 102 valence electrons. The fraction of sp³-hybridized carbons (Fsp3) is 0.188. The molecular formula is C16H16N2O2. The second-order valence-electron chi connectivity index (χ2n) is 4.63. The maximum atomic E-state index is 5.41. The normalized spacial score (nSPS) is 10.7. The molecule has 0 saturated carbocycles. The topological polar surface area (TPSA) is 38.5 Å². The van der Waals surface area contributed by atoms with Gasteiger partial charge in [-0.3, -0.25) is 0 Å².